The Morgan fingerprint density at radius 2 is 2.03 bits per heavy atom. The van der Waals surface area contributed by atoms with Gasteiger partial charge in [0.2, 0.25) is 5.91 Å². The number of carbonyl (C=O) groups is 3. The summed E-state index contributed by atoms with van der Waals surface area (Å²) in [6.45, 7) is 1.51. The lowest BCUT2D eigenvalue weighted by Crippen LogP contribution is -2.47. The lowest BCUT2D eigenvalue weighted by Gasteiger charge is -2.33. The second-order valence-corrected chi connectivity index (χ2v) is 8.02. The number of rotatable bonds is 4. The number of nitrogens with one attached hydrogen (secondary N) is 2. The predicted octanol–water partition coefficient (Wildman–Crippen LogP) is 3.30. The zero-order valence-corrected chi connectivity index (χ0v) is 16.8. The van der Waals surface area contributed by atoms with Crippen molar-refractivity contribution >= 4 is 29.4 Å². The van der Waals surface area contributed by atoms with Gasteiger partial charge in [-0.1, -0.05) is 48.0 Å². The number of aryl methyl sites for hydroxylation is 1. The highest BCUT2D eigenvalue weighted by Crippen LogP contribution is 2.39. The maximum atomic E-state index is 13.2. The average molecular weight is 412 g/mol. The Balaban J connectivity index is 1.50. The van der Waals surface area contributed by atoms with Crippen LogP contribution in [0.15, 0.2) is 48.5 Å². The molecule has 4 amide bonds. The number of imide groups is 1. The van der Waals surface area contributed by atoms with Crippen LogP contribution in [0.1, 0.15) is 42.5 Å². The Hall–Kier alpha value is -2.86. The molecule has 2 aromatic carbocycles. The molecule has 4 rings (SSSR count). The smallest absolute Gasteiger partial charge is 0.325 e. The Morgan fingerprint density at radius 1 is 1.24 bits per heavy atom. The fourth-order valence-electron chi connectivity index (χ4n) is 4.25. The number of carbonyl (C=O) groups excluding carboxylic acids is 3. The molecule has 2 aromatic rings. The molecular weight excluding hydrogens is 390 g/mol. The van der Waals surface area contributed by atoms with E-state index in [9.17, 15) is 14.4 Å². The molecule has 1 heterocycles. The van der Waals surface area contributed by atoms with Gasteiger partial charge >= 0.3 is 6.03 Å². The van der Waals surface area contributed by atoms with Gasteiger partial charge in [0.05, 0.1) is 6.04 Å². The molecule has 0 unspecified atom stereocenters. The predicted molar refractivity (Wildman–Crippen MR) is 109 cm³/mol. The summed E-state index contributed by atoms with van der Waals surface area (Å²) in [6.07, 6.45) is 2.21. The third-order valence-electron chi connectivity index (χ3n) is 5.68. The molecule has 150 valence electrons. The molecule has 1 aliphatic heterocycles. The van der Waals surface area contributed by atoms with Crippen molar-refractivity contribution in [1.82, 2.24) is 15.5 Å². The quantitative estimate of drug-likeness (QED) is 0.757. The minimum atomic E-state index is -1.06. The molecule has 2 N–H and O–H groups in total. The molecule has 1 saturated heterocycles. The minimum absolute atomic E-state index is 0.300. The number of hydrogen-bond donors (Lipinski definition) is 2. The summed E-state index contributed by atoms with van der Waals surface area (Å²) in [5, 5.41) is 6.27. The number of nitrogens with zero attached hydrogens (tertiary/aromatic N) is 1. The van der Waals surface area contributed by atoms with Crippen LogP contribution in [0.25, 0.3) is 0 Å². The summed E-state index contributed by atoms with van der Waals surface area (Å²) >= 11 is 6.01. The van der Waals surface area contributed by atoms with E-state index in [-0.39, 0.29) is 18.5 Å². The van der Waals surface area contributed by atoms with Crippen LogP contribution in [0.3, 0.4) is 0 Å². The van der Waals surface area contributed by atoms with Gasteiger partial charge in [-0.2, -0.15) is 0 Å². The van der Waals surface area contributed by atoms with Gasteiger partial charge in [-0.15, -0.1) is 0 Å². The van der Waals surface area contributed by atoms with E-state index in [4.69, 9.17) is 11.6 Å². The summed E-state index contributed by atoms with van der Waals surface area (Å²) in [4.78, 5) is 39.4. The van der Waals surface area contributed by atoms with Crippen LogP contribution in [0, 0.1) is 0 Å². The number of fused-ring (bicyclic) bond motifs is 2. The van der Waals surface area contributed by atoms with Gasteiger partial charge in [0.15, 0.2) is 0 Å². The molecule has 1 fully saturated rings. The van der Waals surface area contributed by atoms with E-state index in [1.807, 2.05) is 43.3 Å². The molecule has 2 atom stereocenters. The summed E-state index contributed by atoms with van der Waals surface area (Å²) < 4.78 is 0. The second-order valence-electron chi connectivity index (χ2n) is 7.58. The van der Waals surface area contributed by atoms with Crippen molar-refractivity contribution in [2.45, 2.75) is 37.8 Å². The second kappa shape index (κ2) is 7.52. The Labute approximate surface area is 174 Å². The van der Waals surface area contributed by atoms with E-state index >= 15 is 0 Å². The number of urea groups is 1. The van der Waals surface area contributed by atoms with Crippen LogP contribution in [0.4, 0.5) is 4.79 Å². The van der Waals surface area contributed by atoms with Crippen LogP contribution in [0.2, 0.25) is 5.02 Å². The van der Waals surface area contributed by atoms with Crippen LogP contribution in [-0.4, -0.2) is 29.3 Å². The molecular formula is C22H22ClN3O3. The van der Waals surface area contributed by atoms with E-state index in [2.05, 4.69) is 10.6 Å². The fraction of sp³-hybridized carbons (Fsp3) is 0.318. The van der Waals surface area contributed by atoms with Gasteiger partial charge in [0.25, 0.3) is 5.91 Å². The SMILES string of the molecule is C[C@@H](NC(=O)CN1C(=O)N[C@]2(CCCc3ccccc32)C1=O)c1cccc(Cl)c1. The highest BCUT2D eigenvalue weighted by atomic mass is 35.5. The van der Waals surface area contributed by atoms with Gasteiger partial charge in [-0.05, 0) is 55.0 Å². The first-order valence-electron chi connectivity index (χ1n) is 9.68. The van der Waals surface area contributed by atoms with Gasteiger partial charge in [-0.3, -0.25) is 14.5 Å². The molecule has 1 aliphatic carbocycles. The topological polar surface area (TPSA) is 78.5 Å². The monoisotopic (exact) mass is 411 g/mol. The number of halogens is 1. The zero-order chi connectivity index (χ0) is 20.6. The highest BCUT2D eigenvalue weighted by molar-refractivity contribution is 6.30. The number of hydrogen-bond acceptors (Lipinski definition) is 3. The molecule has 6 nitrogen and oxygen atoms in total. The van der Waals surface area contributed by atoms with E-state index < -0.39 is 17.5 Å². The largest absolute Gasteiger partial charge is 0.348 e. The first-order chi connectivity index (χ1) is 13.9. The van der Waals surface area contributed by atoms with E-state index in [0.717, 1.165) is 34.4 Å². The molecule has 2 aliphatic rings. The Morgan fingerprint density at radius 3 is 2.83 bits per heavy atom. The molecule has 7 heteroatoms. The standard InChI is InChI=1S/C22H22ClN3O3/c1-14(16-7-4-9-17(23)12-16)24-19(27)13-26-20(28)22(25-21(26)29)11-5-8-15-6-2-3-10-18(15)22/h2-4,6-7,9-10,12,14H,5,8,11,13H2,1H3,(H,24,27)(H,25,29)/t14-,22+/m1/s1. The van der Waals surface area contributed by atoms with Crippen molar-refractivity contribution in [2.75, 3.05) is 6.54 Å². The average Bonchev–Trinajstić information content (AvgIpc) is 2.93. The summed E-state index contributed by atoms with van der Waals surface area (Å²) in [5.41, 5.74) is 1.68. The zero-order valence-electron chi connectivity index (χ0n) is 16.1. The van der Waals surface area contributed by atoms with Crippen molar-refractivity contribution in [3.8, 4) is 0 Å². The molecule has 0 bridgehead atoms. The van der Waals surface area contributed by atoms with Crippen molar-refractivity contribution < 1.29 is 14.4 Å². The van der Waals surface area contributed by atoms with Gasteiger partial charge in [0.1, 0.15) is 12.1 Å². The van der Waals surface area contributed by atoms with Gasteiger partial charge in [-0.25, -0.2) is 4.79 Å². The molecule has 0 radical (unpaired) electrons. The number of benzene rings is 2. The third-order valence-corrected chi connectivity index (χ3v) is 5.91. The van der Waals surface area contributed by atoms with Gasteiger partial charge < -0.3 is 10.6 Å². The van der Waals surface area contributed by atoms with E-state index in [0.29, 0.717) is 11.4 Å². The Bertz CT molecular complexity index is 993. The van der Waals surface area contributed by atoms with E-state index in [1.54, 1.807) is 12.1 Å². The minimum Gasteiger partial charge on any atom is -0.348 e. The molecule has 29 heavy (non-hydrogen) atoms. The summed E-state index contributed by atoms with van der Waals surface area (Å²) in [6, 6.07) is 14.0. The molecule has 0 saturated carbocycles. The number of amides is 4. The van der Waals surface area contributed by atoms with Crippen molar-refractivity contribution in [3.63, 3.8) is 0 Å². The van der Waals surface area contributed by atoms with Crippen molar-refractivity contribution in [1.29, 1.82) is 0 Å². The van der Waals surface area contributed by atoms with Crippen LogP contribution in [-0.2, 0) is 21.5 Å². The van der Waals surface area contributed by atoms with Crippen molar-refractivity contribution in [2.24, 2.45) is 0 Å². The first-order valence-corrected chi connectivity index (χ1v) is 10.1. The summed E-state index contributed by atoms with van der Waals surface area (Å²) in [5.74, 6) is -0.762. The lowest BCUT2D eigenvalue weighted by molar-refractivity contribution is -0.135. The van der Waals surface area contributed by atoms with Crippen LogP contribution >= 0.6 is 11.6 Å². The van der Waals surface area contributed by atoms with E-state index in [1.165, 1.54) is 0 Å². The highest BCUT2D eigenvalue weighted by Gasteiger charge is 2.54. The fourth-order valence-corrected chi connectivity index (χ4v) is 4.44. The lowest BCUT2D eigenvalue weighted by atomic mass is 9.76. The maximum Gasteiger partial charge on any atom is 0.325 e. The normalized spacial score (nSPS) is 21.7. The Kier molecular flexibility index (Phi) is 5.04. The van der Waals surface area contributed by atoms with Gasteiger partial charge in [0, 0.05) is 5.02 Å². The maximum absolute atomic E-state index is 13.2. The third kappa shape index (κ3) is 3.49. The van der Waals surface area contributed by atoms with Crippen LogP contribution < -0.4 is 10.6 Å². The molecule has 0 aromatic heterocycles. The molecule has 1 spiro atoms. The van der Waals surface area contributed by atoms with Crippen molar-refractivity contribution in [3.05, 3.63) is 70.2 Å². The van der Waals surface area contributed by atoms with Crippen LogP contribution in [0.5, 0.6) is 0 Å². The first kappa shape index (κ1) is 19.5. The summed E-state index contributed by atoms with van der Waals surface area (Å²) in [7, 11) is 0.